The maximum atomic E-state index is 4.25. The Morgan fingerprint density at radius 1 is 1.25 bits per heavy atom. The van der Waals surface area contributed by atoms with Crippen molar-refractivity contribution in [1.29, 1.82) is 0 Å². The van der Waals surface area contributed by atoms with E-state index in [2.05, 4.69) is 17.3 Å². The van der Waals surface area contributed by atoms with E-state index in [0.29, 0.717) is 0 Å². The van der Waals surface area contributed by atoms with Crippen LogP contribution < -0.4 is 0 Å². The van der Waals surface area contributed by atoms with Crippen molar-refractivity contribution in [2.45, 2.75) is 48.0 Å². The third-order valence-electron chi connectivity index (χ3n) is 1.03. The van der Waals surface area contributed by atoms with Gasteiger partial charge in [-0.3, -0.25) is 0 Å². The van der Waals surface area contributed by atoms with Crippen LogP contribution in [0.25, 0.3) is 0 Å². The van der Waals surface area contributed by atoms with Gasteiger partial charge in [-0.2, -0.15) is 0 Å². The fraction of sp³-hybridized carbons (Fsp3) is 0.700. The summed E-state index contributed by atoms with van der Waals surface area (Å²) in [6.07, 6.45) is 1.06. The molecular formula is C10H21NS. The van der Waals surface area contributed by atoms with E-state index >= 15 is 0 Å². The van der Waals surface area contributed by atoms with Crippen molar-refractivity contribution in [3.8, 4) is 0 Å². The van der Waals surface area contributed by atoms with Crippen LogP contribution in [0.15, 0.2) is 5.38 Å². The van der Waals surface area contributed by atoms with Gasteiger partial charge in [0.15, 0.2) is 0 Å². The predicted octanol–water partition coefficient (Wildman–Crippen LogP) is 4.07. The first-order valence-corrected chi connectivity index (χ1v) is 5.62. The van der Waals surface area contributed by atoms with Crippen molar-refractivity contribution in [3.05, 3.63) is 16.1 Å². The van der Waals surface area contributed by atoms with Crippen molar-refractivity contribution in [3.63, 3.8) is 0 Å². The maximum absolute atomic E-state index is 4.25. The van der Waals surface area contributed by atoms with E-state index in [9.17, 15) is 0 Å². The second-order valence-electron chi connectivity index (χ2n) is 1.71. The first-order valence-electron chi connectivity index (χ1n) is 4.74. The summed E-state index contributed by atoms with van der Waals surface area (Å²) in [4.78, 5) is 4.25. The van der Waals surface area contributed by atoms with Crippen LogP contribution in [0, 0.1) is 6.92 Å². The quantitative estimate of drug-likeness (QED) is 0.646. The van der Waals surface area contributed by atoms with E-state index in [4.69, 9.17) is 0 Å². The van der Waals surface area contributed by atoms with Crippen molar-refractivity contribution in [2.75, 3.05) is 0 Å². The Morgan fingerprint density at radius 3 is 1.92 bits per heavy atom. The average molecular weight is 187 g/mol. The van der Waals surface area contributed by atoms with Crippen LogP contribution in [0.3, 0.4) is 0 Å². The zero-order chi connectivity index (χ0) is 9.98. The average Bonchev–Trinajstić information content (AvgIpc) is 2.58. The molecule has 1 aromatic rings. The monoisotopic (exact) mass is 187 g/mol. The summed E-state index contributed by atoms with van der Waals surface area (Å²) in [5.41, 5.74) is 1.22. The molecule has 0 saturated heterocycles. The Labute approximate surface area is 80.9 Å². The fourth-order valence-corrected chi connectivity index (χ4v) is 1.27. The highest BCUT2D eigenvalue weighted by Crippen LogP contribution is 2.07. The second-order valence-corrected chi connectivity index (χ2v) is 2.77. The Bertz CT molecular complexity index is 170. The van der Waals surface area contributed by atoms with Crippen molar-refractivity contribution in [1.82, 2.24) is 4.98 Å². The number of hydrogen-bond acceptors (Lipinski definition) is 2. The van der Waals surface area contributed by atoms with E-state index < -0.39 is 0 Å². The number of aryl methyl sites for hydroxylation is 2. The number of hydrogen-bond donors (Lipinski definition) is 0. The lowest BCUT2D eigenvalue weighted by Crippen LogP contribution is -1.76. The van der Waals surface area contributed by atoms with E-state index in [0.717, 1.165) is 6.42 Å². The van der Waals surface area contributed by atoms with Crippen LogP contribution in [0.5, 0.6) is 0 Å². The Hall–Kier alpha value is -0.370. The zero-order valence-corrected chi connectivity index (χ0v) is 9.96. The van der Waals surface area contributed by atoms with Crippen LogP contribution >= 0.6 is 11.3 Å². The van der Waals surface area contributed by atoms with Crippen LogP contribution in [-0.4, -0.2) is 4.98 Å². The summed E-state index contributed by atoms with van der Waals surface area (Å²) in [7, 11) is 0. The standard InChI is InChI=1S/C6H9NS.2C2H6/c1-3-6-4-8-5(2)7-6;2*1-2/h4H,3H2,1-2H3;2*1-2H3. The maximum Gasteiger partial charge on any atom is 0.0897 e. The van der Waals surface area contributed by atoms with Gasteiger partial charge in [0, 0.05) is 5.38 Å². The molecule has 0 unspecified atom stereocenters. The topological polar surface area (TPSA) is 12.9 Å². The Kier molecular flexibility index (Phi) is 12.6. The summed E-state index contributed by atoms with van der Waals surface area (Å²) >= 11 is 1.72. The molecule has 0 aliphatic carbocycles. The molecule has 0 N–H and O–H groups in total. The van der Waals surface area contributed by atoms with E-state index in [-0.39, 0.29) is 0 Å². The number of thiazole rings is 1. The van der Waals surface area contributed by atoms with Crippen LogP contribution in [0.1, 0.15) is 45.3 Å². The molecule has 1 rings (SSSR count). The molecular weight excluding hydrogens is 166 g/mol. The van der Waals surface area contributed by atoms with Gasteiger partial charge >= 0.3 is 0 Å². The number of rotatable bonds is 1. The second kappa shape index (κ2) is 10.6. The lowest BCUT2D eigenvalue weighted by molar-refractivity contribution is 1.04. The van der Waals surface area contributed by atoms with Gasteiger partial charge in [-0.1, -0.05) is 34.6 Å². The van der Waals surface area contributed by atoms with Gasteiger partial charge in [0.1, 0.15) is 0 Å². The highest BCUT2D eigenvalue weighted by atomic mass is 32.1. The molecule has 0 amide bonds. The molecule has 1 aromatic heterocycles. The first kappa shape index (κ1) is 14.2. The lowest BCUT2D eigenvalue weighted by Gasteiger charge is -1.79. The molecule has 1 heterocycles. The van der Waals surface area contributed by atoms with Gasteiger partial charge < -0.3 is 0 Å². The Morgan fingerprint density at radius 2 is 1.75 bits per heavy atom. The van der Waals surface area contributed by atoms with Crippen LogP contribution in [-0.2, 0) is 6.42 Å². The fourth-order valence-electron chi connectivity index (χ4n) is 0.571. The van der Waals surface area contributed by atoms with Gasteiger partial charge in [-0.15, -0.1) is 11.3 Å². The number of aromatic nitrogens is 1. The minimum absolute atomic E-state index is 1.06. The van der Waals surface area contributed by atoms with Crippen molar-refractivity contribution in [2.24, 2.45) is 0 Å². The third kappa shape index (κ3) is 6.35. The SMILES string of the molecule is CC.CC.CCc1csc(C)n1. The van der Waals surface area contributed by atoms with Gasteiger partial charge in [0.05, 0.1) is 10.7 Å². The van der Waals surface area contributed by atoms with Gasteiger partial charge in [0.25, 0.3) is 0 Å². The van der Waals surface area contributed by atoms with Gasteiger partial charge in [-0.05, 0) is 13.3 Å². The molecule has 12 heavy (non-hydrogen) atoms. The minimum Gasteiger partial charge on any atom is -0.247 e. The highest BCUT2D eigenvalue weighted by Gasteiger charge is 1.91. The summed E-state index contributed by atoms with van der Waals surface area (Å²) in [5, 5.41) is 3.27. The van der Waals surface area contributed by atoms with E-state index in [1.807, 2.05) is 34.6 Å². The molecule has 0 bridgehead atoms. The van der Waals surface area contributed by atoms with E-state index in [1.54, 1.807) is 11.3 Å². The lowest BCUT2D eigenvalue weighted by atomic mass is 10.4. The first-order chi connectivity index (χ1) is 5.83. The zero-order valence-electron chi connectivity index (χ0n) is 9.14. The molecule has 0 fully saturated rings. The summed E-state index contributed by atoms with van der Waals surface area (Å²) in [6, 6.07) is 0. The molecule has 0 aliphatic rings. The van der Waals surface area contributed by atoms with Gasteiger partial charge in [0.2, 0.25) is 0 Å². The smallest absolute Gasteiger partial charge is 0.0897 e. The molecule has 2 heteroatoms. The molecule has 1 nitrogen and oxygen atoms in total. The number of nitrogens with zero attached hydrogens (tertiary/aromatic N) is 1. The van der Waals surface area contributed by atoms with Crippen molar-refractivity contribution >= 4 is 11.3 Å². The Balaban J connectivity index is 0. The molecule has 0 saturated carbocycles. The normalized spacial score (nSPS) is 7.50. The predicted molar refractivity (Wildman–Crippen MR) is 58.9 cm³/mol. The van der Waals surface area contributed by atoms with Gasteiger partial charge in [-0.25, -0.2) is 4.98 Å². The highest BCUT2D eigenvalue weighted by molar-refractivity contribution is 7.09. The molecule has 0 spiro atoms. The molecule has 72 valence electrons. The summed E-state index contributed by atoms with van der Waals surface area (Å²) in [5.74, 6) is 0. The van der Waals surface area contributed by atoms with Crippen LogP contribution in [0.2, 0.25) is 0 Å². The molecule has 0 aromatic carbocycles. The third-order valence-corrected chi connectivity index (χ3v) is 1.85. The summed E-state index contributed by atoms with van der Waals surface area (Å²) < 4.78 is 0. The van der Waals surface area contributed by atoms with Crippen LogP contribution in [0.4, 0.5) is 0 Å². The molecule has 0 radical (unpaired) electrons. The minimum atomic E-state index is 1.06. The molecule has 0 aliphatic heterocycles. The summed E-state index contributed by atoms with van der Waals surface area (Å²) in [6.45, 7) is 12.2. The molecule has 0 atom stereocenters. The van der Waals surface area contributed by atoms with Crippen molar-refractivity contribution < 1.29 is 0 Å². The van der Waals surface area contributed by atoms with E-state index in [1.165, 1.54) is 10.7 Å². The largest absolute Gasteiger partial charge is 0.247 e.